The van der Waals surface area contributed by atoms with E-state index in [1.165, 1.54) is 0 Å². The summed E-state index contributed by atoms with van der Waals surface area (Å²) in [6, 6.07) is 0. The lowest BCUT2D eigenvalue weighted by Crippen LogP contribution is -2.70. The third kappa shape index (κ3) is 1.57. The Morgan fingerprint density at radius 1 is 1.17 bits per heavy atom. The molecule has 0 fully saturated rings. The van der Waals surface area contributed by atoms with Gasteiger partial charge in [0.05, 0.1) is 0 Å². The van der Waals surface area contributed by atoms with Crippen LogP contribution in [0.25, 0.3) is 0 Å². The molecule has 0 heterocycles. The molecule has 0 saturated carbocycles. The summed E-state index contributed by atoms with van der Waals surface area (Å²) in [5.74, 6) is -17.2. The highest BCUT2D eigenvalue weighted by atomic mass is 19.3. The maximum Gasteiger partial charge on any atom is 0.355 e. The third-order valence-electron chi connectivity index (χ3n) is 2.99. The van der Waals surface area contributed by atoms with E-state index in [0.717, 1.165) is 13.8 Å². The van der Waals surface area contributed by atoms with Gasteiger partial charge in [0.2, 0.25) is 0 Å². The van der Waals surface area contributed by atoms with Crippen molar-refractivity contribution in [3.8, 4) is 0 Å². The van der Waals surface area contributed by atoms with Gasteiger partial charge in [-0.15, -0.1) is 0 Å². The molecule has 106 valence electrons. The summed E-state index contributed by atoms with van der Waals surface area (Å²) in [5.41, 5.74) is -4.71. The predicted octanol–water partition coefficient (Wildman–Crippen LogP) is 3.19. The molecule has 0 amide bonds. The largest absolute Gasteiger partial charge is 0.359 e. The number of halogens is 7. The molecule has 1 aliphatic carbocycles. The van der Waals surface area contributed by atoms with Crippen molar-refractivity contribution in [2.45, 2.75) is 43.4 Å². The van der Waals surface area contributed by atoms with Gasteiger partial charge in [0, 0.05) is 5.92 Å². The SMILES string of the molecule is CC(C)C(O)(F)C1(F)C=CC(F)C(F)(F)C1(F)F. The van der Waals surface area contributed by atoms with Crippen LogP contribution in [0.5, 0.6) is 0 Å². The first kappa shape index (κ1) is 15.3. The second-order valence-electron chi connectivity index (χ2n) is 4.50. The summed E-state index contributed by atoms with van der Waals surface area (Å²) < 4.78 is 92.9. The Hall–Kier alpha value is -0.790. The predicted molar refractivity (Wildman–Crippen MR) is 48.7 cm³/mol. The van der Waals surface area contributed by atoms with Crippen LogP contribution in [-0.4, -0.2) is 34.6 Å². The van der Waals surface area contributed by atoms with Crippen molar-refractivity contribution in [3.05, 3.63) is 12.2 Å². The quantitative estimate of drug-likeness (QED) is 0.608. The monoisotopic (exact) mass is 280 g/mol. The molecule has 1 N–H and O–H groups in total. The molecule has 0 spiro atoms. The average Bonchev–Trinajstić information content (AvgIpc) is 2.22. The molecule has 0 saturated heterocycles. The Labute approximate surface area is 98.3 Å². The highest BCUT2D eigenvalue weighted by molar-refractivity contribution is 5.27. The van der Waals surface area contributed by atoms with Gasteiger partial charge in [-0.3, -0.25) is 0 Å². The van der Waals surface area contributed by atoms with Crippen LogP contribution in [0, 0.1) is 5.92 Å². The standard InChI is InChI=1S/C10H11F7O/c1-5(2)9(15,18)7(12)4-3-6(11)8(13,14)10(7,16)17/h3-6,18H,1-2H3. The second-order valence-corrected chi connectivity index (χ2v) is 4.50. The molecule has 3 unspecified atom stereocenters. The van der Waals surface area contributed by atoms with Crippen LogP contribution in [0.4, 0.5) is 30.7 Å². The van der Waals surface area contributed by atoms with Gasteiger partial charge in [0.1, 0.15) is 0 Å². The van der Waals surface area contributed by atoms with Gasteiger partial charge >= 0.3 is 11.8 Å². The van der Waals surface area contributed by atoms with Gasteiger partial charge in [-0.2, -0.15) is 17.6 Å². The molecule has 0 bridgehead atoms. The first-order valence-electron chi connectivity index (χ1n) is 5.01. The van der Waals surface area contributed by atoms with Crippen molar-refractivity contribution in [1.82, 2.24) is 0 Å². The number of alkyl halides is 7. The zero-order chi connectivity index (χ0) is 14.6. The van der Waals surface area contributed by atoms with Gasteiger partial charge in [-0.1, -0.05) is 13.8 Å². The van der Waals surface area contributed by atoms with Gasteiger partial charge in [-0.05, 0) is 12.2 Å². The maximum atomic E-state index is 13.9. The molecule has 0 aliphatic heterocycles. The van der Waals surface area contributed by atoms with Crippen LogP contribution < -0.4 is 0 Å². The molecular weight excluding hydrogens is 269 g/mol. The molecule has 0 aromatic heterocycles. The van der Waals surface area contributed by atoms with E-state index < -0.39 is 35.5 Å². The lowest BCUT2D eigenvalue weighted by atomic mass is 9.76. The van der Waals surface area contributed by atoms with Gasteiger partial charge in [0.15, 0.2) is 6.17 Å². The van der Waals surface area contributed by atoms with Crippen LogP contribution in [-0.2, 0) is 0 Å². The minimum absolute atomic E-state index is 0.218. The van der Waals surface area contributed by atoms with E-state index in [-0.39, 0.29) is 12.2 Å². The Balaban J connectivity index is 3.46. The summed E-state index contributed by atoms with van der Waals surface area (Å²) in [7, 11) is 0. The first-order valence-corrected chi connectivity index (χ1v) is 5.01. The van der Waals surface area contributed by atoms with Gasteiger partial charge in [-0.25, -0.2) is 13.2 Å². The molecule has 0 aromatic carbocycles. The minimum atomic E-state index is -5.72. The topological polar surface area (TPSA) is 20.2 Å². The van der Waals surface area contributed by atoms with Gasteiger partial charge < -0.3 is 5.11 Å². The van der Waals surface area contributed by atoms with E-state index in [0.29, 0.717) is 0 Å². The van der Waals surface area contributed by atoms with Crippen LogP contribution in [0.15, 0.2) is 12.2 Å². The molecule has 1 aliphatic rings. The lowest BCUT2D eigenvalue weighted by Gasteiger charge is -2.45. The van der Waals surface area contributed by atoms with E-state index in [2.05, 4.69) is 0 Å². The fraction of sp³-hybridized carbons (Fsp3) is 0.800. The second kappa shape index (κ2) is 3.85. The smallest absolute Gasteiger partial charge is 0.355 e. The fourth-order valence-corrected chi connectivity index (χ4v) is 1.62. The van der Waals surface area contributed by atoms with E-state index in [9.17, 15) is 30.7 Å². The Morgan fingerprint density at radius 2 is 1.61 bits per heavy atom. The molecule has 0 aromatic rings. The van der Waals surface area contributed by atoms with Crippen molar-refractivity contribution >= 4 is 0 Å². The highest BCUT2D eigenvalue weighted by Gasteiger charge is 2.80. The molecule has 18 heavy (non-hydrogen) atoms. The molecule has 1 rings (SSSR count). The number of allylic oxidation sites excluding steroid dienone is 1. The summed E-state index contributed by atoms with van der Waals surface area (Å²) in [4.78, 5) is 0. The summed E-state index contributed by atoms with van der Waals surface area (Å²) in [5, 5.41) is 9.10. The van der Waals surface area contributed by atoms with Crippen LogP contribution in [0.1, 0.15) is 13.8 Å². The van der Waals surface area contributed by atoms with Crippen molar-refractivity contribution < 1.29 is 35.8 Å². The first-order chi connectivity index (χ1) is 7.82. The Kier molecular flexibility index (Phi) is 3.27. The van der Waals surface area contributed by atoms with Crippen molar-refractivity contribution in [2.75, 3.05) is 0 Å². The number of aliphatic hydroxyl groups is 1. The lowest BCUT2D eigenvalue weighted by molar-refractivity contribution is -0.344. The molecule has 0 radical (unpaired) electrons. The van der Waals surface area contributed by atoms with Crippen LogP contribution in [0.3, 0.4) is 0 Å². The van der Waals surface area contributed by atoms with E-state index in [1.54, 1.807) is 0 Å². The van der Waals surface area contributed by atoms with E-state index in [4.69, 9.17) is 5.11 Å². The van der Waals surface area contributed by atoms with E-state index in [1.807, 2.05) is 0 Å². The number of rotatable bonds is 2. The van der Waals surface area contributed by atoms with Crippen molar-refractivity contribution in [1.29, 1.82) is 0 Å². The molecular formula is C10H11F7O. The highest BCUT2D eigenvalue weighted by Crippen LogP contribution is 2.56. The van der Waals surface area contributed by atoms with Gasteiger partial charge in [0.25, 0.3) is 11.5 Å². The minimum Gasteiger partial charge on any atom is -0.359 e. The van der Waals surface area contributed by atoms with E-state index >= 15 is 0 Å². The number of hydrogen-bond acceptors (Lipinski definition) is 1. The third-order valence-corrected chi connectivity index (χ3v) is 2.99. The molecule has 8 heteroatoms. The Morgan fingerprint density at radius 3 is 2.00 bits per heavy atom. The Bertz CT molecular complexity index is 363. The maximum absolute atomic E-state index is 13.9. The fourth-order valence-electron chi connectivity index (χ4n) is 1.62. The zero-order valence-corrected chi connectivity index (χ0v) is 9.40. The molecule has 1 nitrogen and oxygen atoms in total. The normalized spacial score (nSPS) is 37.6. The summed E-state index contributed by atoms with van der Waals surface area (Å²) in [6.07, 6.45) is -4.06. The van der Waals surface area contributed by atoms with Crippen LogP contribution >= 0.6 is 0 Å². The van der Waals surface area contributed by atoms with Crippen LogP contribution in [0.2, 0.25) is 0 Å². The van der Waals surface area contributed by atoms with Crippen molar-refractivity contribution in [2.24, 2.45) is 5.92 Å². The number of hydrogen-bond donors (Lipinski definition) is 1. The molecule has 3 atom stereocenters. The average molecular weight is 280 g/mol. The van der Waals surface area contributed by atoms with Crippen molar-refractivity contribution in [3.63, 3.8) is 0 Å². The zero-order valence-electron chi connectivity index (χ0n) is 9.40. The summed E-state index contributed by atoms with van der Waals surface area (Å²) >= 11 is 0. The summed E-state index contributed by atoms with van der Waals surface area (Å²) in [6.45, 7) is 1.65.